The van der Waals surface area contributed by atoms with Crippen LogP contribution in [0.5, 0.6) is 0 Å². The molecular weight excluding hydrogens is 631 g/mol. The summed E-state index contributed by atoms with van der Waals surface area (Å²) < 4.78 is 37.5. The molecule has 1 aromatic heterocycles. The molecule has 0 aliphatic heterocycles. The third kappa shape index (κ3) is 9.70. The van der Waals surface area contributed by atoms with Crippen molar-refractivity contribution in [3.8, 4) is 22.0 Å². The Hall–Kier alpha value is -2.91. The van der Waals surface area contributed by atoms with Crippen LogP contribution in [0.2, 0.25) is 0 Å². The zero-order valence-electron chi connectivity index (χ0n) is 19.3. The van der Waals surface area contributed by atoms with Crippen molar-refractivity contribution in [1.29, 1.82) is 0 Å². The van der Waals surface area contributed by atoms with Crippen molar-refractivity contribution in [3.63, 3.8) is 0 Å². The monoisotopic (exact) mass is 652 g/mol. The van der Waals surface area contributed by atoms with Crippen molar-refractivity contribution in [2.75, 3.05) is 0 Å². The van der Waals surface area contributed by atoms with E-state index in [0.29, 0.717) is 0 Å². The summed E-state index contributed by atoms with van der Waals surface area (Å²) in [5.41, 5.74) is 8.28. The molecule has 1 heterocycles. The average Bonchev–Trinajstić information content (AvgIpc) is 3.29. The summed E-state index contributed by atoms with van der Waals surface area (Å²) in [6.45, 7) is 29.2. The first-order valence-electron chi connectivity index (χ1n) is 9.41. The molecule has 3 aromatic carbocycles. The zero-order valence-corrected chi connectivity index (χ0v) is 23.2. The van der Waals surface area contributed by atoms with E-state index in [2.05, 4.69) is 121 Å². The molecule has 7 heteroatoms. The molecule has 0 spiro atoms. The Bertz CT molecular complexity index is 1210. The predicted octanol–water partition coefficient (Wildman–Crippen LogP) is 6.94. The molecule has 4 aromatic rings. The van der Waals surface area contributed by atoms with E-state index in [9.17, 15) is 0 Å². The molecule has 0 saturated heterocycles. The first kappa shape index (κ1) is 36.7. The van der Waals surface area contributed by atoms with Gasteiger partial charge in [0.05, 0.1) is 0 Å². The average molecular weight is 652 g/mol. The second-order valence-electron chi connectivity index (χ2n) is 6.56. The Morgan fingerprint density at radius 2 is 1.00 bits per heavy atom. The van der Waals surface area contributed by atoms with Crippen LogP contribution in [0.3, 0.4) is 0 Å². The van der Waals surface area contributed by atoms with Gasteiger partial charge in [-0.25, -0.2) is 0 Å². The zero-order chi connectivity index (χ0) is 26.7. The Morgan fingerprint density at radius 1 is 0.571 bits per heavy atom. The van der Waals surface area contributed by atoms with E-state index in [-0.39, 0.29) is 21.1 Å². The minimum Gasteiger partial charge on any atom is 0 e. The van der Waals surface area contributed by atoms with Crippen LogP contribution in [0, 0.1) is 54.0 Å². The van der Waals surface area contributed by atoms with Crippen LogP contribution in [0.4, 0.5) is 0 Å². The molecule has 1 unspecified atom stereocenters. The van der Waals surface area contributed by atoms with Crippen molar-refractivity contribution in [2.45, 2.75) is 20.8 Å². The van der Waals surface area contributed by atoms with Crippen molar-refractivity contribution in [2.24, 2.45) is 0 Å². The predicted molar refractivity (Wildman–Crippen MR) is 128 cm³/mol. The summed E-state index contributed by atoms with van der Waals surface area (Å²) in [5.74, 6) is 0. The van der Waals surface area contributed by atoms with E-state index >= 15 is 0 Å². The normalized spacial score (nSPS) is 8.14. The fraction of sp³-hybridized carbons (Fsp3) is 0.107. The van der Waals surface area contributed by atoms with E-state index < -0.39 is 0 Å². The largest absolute Gasteiger partial charge is 0 e. The van der Waals surface area contributed by atoms with Gasteiger partial charge in [-0.05, 0) is 53.5 Å². The molecule has 0 aliphatic carbocycles. The Labute approximate surface area is 221 Å². The molecule has 35 heavy (non-hydrogen) atoms. The summed E-state index contributed by atoms with van der Waals surface area (Å²) in [7, 11) is 0.724. The van der Waals surface area contributed by atoms with Crippen LogP contribution in [0.1, 0.15) is 16.7 Å². The SMILES string of the molecule is Cc1cc(C)c(-c2c(-c3ccccc3)[pH]c3ccccc23)c(C)c1.[C-]#[O+].[C-]#[O+].[C-]#[O+].[C-]#[O+].[C-]#[O+].[W]. The third-order valence-corrected chi connectivity index (χ3v) is 6.19. The van der Waals surface area contributed by atoms with Gasteiger partial charge in [0.2, 0.25) is 0 Å². The maximum absolute atomic E-state index is 7.50. The van der Waals surface area contributed by atoms with Gasteiger partial charge in [-0.1, -0.05) is 72.3 Å². The molecule has 0 saturated carbocycles. The summed E-state index contributed by atoms with van der Waals surface area (Å²) in [6.07, 6.45) is 0. The summed E-state index contributed by atoms with van der Waals surface area (Å²) in [5, 5.41) is 4.35. The number of hydrogen-bond donors (Lipinski definition) is 0. The van der Waals surface area contributed by atoms with Crippen LogP contribution in [0.15, 0.2) is 66.7 Å². The van der Waals surface area contributed by atoms with Crippen LogP contribution in [-0.4, -0.2) is 0 Å². The van der Waals surface area contributed by atoms with Crippen LogP contribution < -0.4 is 0 Å². The second kappa shape index (κ2) is 21.6. The number of hydrogen-bond acceptors (Lipinski definition) is 0. The van der Waals surface area contributed by atoms with Gasteiger partial charge in [0.15, 0.2) is 0 Å². The van der Waals surface area contributed by atoms with E-state index in [1.54, 1.807) is 0 Å². The van der Waals surface area contributed by atoms with Crippen molar-refractivity contribution < 1.29 is 44.3 Å². The Balaban J connectivity index is -0.000000834. The van der Waals surface area contributed by atoms with Gasteiger partial charge < -0.3 is 0 Å². The van der Waals surface area contributed by atoms with E-state index in [1.807, 2.05) is 0 Å². The summed E-state index contributed by atoms with van der Waals surface area (Å²) in [6, 6.07) is 24.4. The maximum atomic E-state index is 7.50. The van der Waals surface area contributed by atoms with Crippen molar-refractivity contribution >= 4 is 18.7 Å². The molecule has 0 bridgehead atoms. The van der Waals surface area contributed by atoms with Gasteiger partial charge in [-0.3, -0.25) is 0 Å². The minimum atomic E-state index is 0. The van der Waals surface area contributed by atoms with E-state index in [0.717, 1.165) is 8.19 Å². The van der Waals surface area contributed by atoms with Gasteiger partial charge in [-0.2, -0.15) is 0 Å². The Morgan fingerprint density at radius 3 is 1.49 bits per heavy atom. The fourth-order valence-corrected chi connectivity index (χ4v) is 5.28. The molecule has 0 radical (unpaired) electrons. The van der Waals surface area contributed by atoms with Crippen LogP contribution in [-0.2, 0) is 44.3 Å². The molecule has 0 amide bonds. The maximum Gasteiger partial charge on any atom is 0 e. The summed E-state index contributed by atoms with van der Waals surface area (Å²) >= 11 is 0. The first-order chi connectivity index (χ1) is 16.6. The third-order valence-electron chi connectivity index (χ3n) is 4.70. The minimum absolute atomic E-state index is 0. The van der Waals surface area contributed by atoms with Crippen LogP contribution >= 0.6 is 8.19 Å². The number of benzene rings is 3. The smallest absolute Gasteiger partial charge is 0 e. The Kier molecular flexibility index (Phi) is 22.6. The number of rotatable bonds is 2. The van der Waals surface area contributed by atoms with Crippen molar-refractivity contribution in [1.82, 2.24) is 0 Å². The molecule has 1 atom stereocenters. The van der Waals surface area contributed by atoms with Gasteiger partial charge in [-0.15, -0.1) is 8.19 Å². The number of fused-ring (bicyclic) bond motifs is 1. The summed E-state index contributed by atoms with van der Waals surface area (Å²) in [4.78, 5) is 0. The topological polar surface area (TPSA) is 99.5 Å². The second-order valence-corrected chi connectivity index (χ2v) is 7.85. The molecule has 0 aliphatic rings. The molecule has 5 nitrogen and oxygen atoms in total. The van der Waals surface area contributed by atoms with Crippen LogP contribution in [0.25, 0.3) is 32.5 Å². The standard InChI is InChI=1S/C23H21P.5CO.W/c1-15-13-16(2)21(17(3)14-15)22-19-11-7-8-12-20(19)24-23(22)18-9-5-4-6-10-18;5*1-2;/h4-14,24H,1-3H3;;;;;;. The number of aryl methyl sites for hydroxylation is 3. The molecule has 174 valence electrons. The van der Waals surface area contributed by atoms with E-state index in [4.69, 9.17) is 23.3 Å². The fourth-order valence-electron chi connectivity index (χ4n) is 3.80. The van der Waals surface area contributed by atoms with Crippen molar-refractivity contribution in [3.05, 3.63) is 117 Å². The molecule has 4 rings (SSSR count). The molecule has 0 N–H and O–H groups in total. The van der Waals surface area contributed by atoms with Gasteiger partial charge >= 0.3 is 56.5 Å². The quantitative estimate of drug-likeness (QED) is 0.166. The van der Waals surface area contributed by atoms with Gasteiger partial charge in [0.1, 0.15) is 0 Å². The van der Waals surface area contributed by atoms with Gasteiger partial charge in [0.25, 0.3) is 0 Å². The van der Waals surface area contributed by atoms with E-state index in [1.165, 1.54) is 49.2 Å². The molecule has 0 fully saturated rings. The first-order valence-corrected chi connectivity index (χ1v) is 10.4. The molecular formula is C28H21O5PW. The van der Waals surface area contributed by atoms with Gasteiger partial charge in [0, 0.05) is 31.9 Å².